The molecule has 0 spiro atoms. The Morgan fingerprint density at radius 3 is 1.19 bits per heavy atom. The Morgan fingerprint density at radius 2 is 0.619 bits per heavy atom. The van der Waals surface area contributed by atoms with Gasteiger partial charge in [0.15, 0.2) is 17.5 Å². The van der Waals surface area contributed by atoms with Crippen LogP contribution in [0.5, 0.6) is 0 Å². The van der Waals surface area contributed by atoms with Crippen molar-refractivity contribution < 1.29 is 4.42 Å². The smallest absolute Gasteiger partial charge is 0.164 e. The summed E-state index contributed by atoms with van der Waals surface area (Å²) in [5, 5.41) is 6.75. The highest BCUT2D eigenvalue weighted by Crippen LogP contribution is 2.47. The first kappa shape index (κ1) is 36.4. The molecule has 4 heteroatoms. The minimum atomic E-state index is 0.636. The highest BCUT2D eigenvalue weighted by molar-refractivity contribution is 6.20. The lowest BCUT2D eigenvalue weighted by Crippen LogP contribution is -2.00. The number of hydrogen-bond acceptors (Lipinski definition) is 4. The predicted octanol–water partition coefficient (Wildman–Crippen LogP) is 15.7. The Balaban J connectivity index is 1.03. The van der Waals surface area contributed by atoms with Crippen molar-refractivity contribution in [3.05, 3.63) is 224 Å². The van der Waals surface area contributed by atoms with Crippen LogP contribution in [0.2, 0.25) is 0 Å². The summed E-state index contributed by atoms with van der Waals surface area (Å²) in [5.41, 5.74) is 13.7. The molecule has 12 rings (SSSR count). The number of nitrogens with zero attached hydrogens (tertiary/aromatic N) is 3. The van der Waals surface area contributed by atoms with E-state index < -0.39 is 0 Å². The normalized spacial score (nSPS) is 11.5. The number of rotatable bonds is 7. The van der Waals surface area contributed by atoms with Crippen LogP contribution < -0.4 is 0 Å². The minimum absolute atomic E-state index is 0.636. The fourth-order valence-electron chi connectivity index (χ4n) is 9.28. The summed E-state index contributed by atoms with van der Waals surface area (Å²) in [6, 6.07) is 78.8. The molecule has 10 aromatic carbocycles. The van der Waals surface area contributed by atoms with E-state index in [0.717, 1.165) is 82.8 Å². The Kier molecular flexibility index (Phi) is 8.79. The van der Waals surface area contributed by atoms with Gasteiger partial charge in [-0.15, -0.1) is 0 Å². The van der Waals surface area contributed by atoms with Gasteiger partial charge in [-0.2, -0.15) is 0 Å². The van der Waals surface area contributed by atoms with Crippen molar-refractivity contribution >= 4 is 43.5 Å². The van der Waals surface area contributed by atoms with Crippen LogP contribution in [0, 0.1) is 0 Å². The van der Waals surface area contributed by atoms with Gasteiger partial charge in [-0.25, -0.2) is 15.0 Å². The minimum Gasteiger partial charge on any atom is -0.455 e. The Bertz CT molecular complexity index is 3610. The lowest BCUT2D eigenvalue weighted by Gasteiger charge is -2.17. The fourth-order valence-corrected chi connectivity index (χ4v) is 9.28. The quantitative estimate of drug-likeness (QED) is 0.161. The van der Waals surface area contributed by atoms with Crippen molar-refractivity contribution in [3.63, 3.8) is 0 Å². The monoisotopic (exact) mass is 803 g/mol. The molecule has 0 amide bonds. The molecule has 0 radical (unpaired) electrons. The molecule has 63 heavy (non-hydrogen) atoms. The zero-order chi connectivity index (χ0) is 41.7. The van der Waals surface area contributed by atoms with Gasteiger partial charge in [0.1, 0.15) is 11.2 Å². The summed E-state index contributed by atoms with van der Waals surface area (Å²) < 4.78 is 6.84. The van der Waals surface area contributed by atoms with Gasteiger partial charge in [0.05, 0.1) is 0 Å². The van der Waals surface area contributed by atoms with Gasteiger partial charge < -0.3 is 4.42 Å². The van der Waals surface area contributed by atoms with E-state index >= 15 is 0 Å². The van der Waals surface area contributed by atoms with Gasteiger partial charge in [0.25, 0.3) is 0 Å². The van der Waals surface area contributed by atoms with Crippen LogP contribution in [0.4, 0.5) is 0 Å². The van der Waals surface area contributed by atoms with Crippen molar-refractivity contribution in [2.45, 2.75) is 0 Å². The molecule has 0 fully saturated rings. The first-order valence-corrected chi connectivity index (χ1v) is 21.3. The average molecular weight is 804 g/mol. The second-order valence-electron chi connectivity index (χ2n) is 15.8. The molecule has 0 aliphatic heterocycles. The zero-order valence-corrected chi connectivity index (χ0v) is 34.1. The van der Waals surface area contributed by atoms with Crippen molar-refractivity contribution in [3.8, 4) is 78.7 Å². The van der Waals surface area contributed by atoms with Crippen molar-refractivity contribution in [1.29, 1.82) is 0 Å². The van der Waals surface area contributed by atoms with E-state index in [1.807, 2.05) is 66.7 Å². The number of furan rings is 1. The fraction of sp³-hybridized carbons (Fsp3) is 0. The number of aromatic nitrogens is 3. The van der Waals surface area contributed by atoms with Crippen LogP contribution in [0.1, 0.15) is 0 Å². The number of para-hydroxylation sites is 1. The maximum absolute atomic E-state index is 6.84. The average Bonchev–Trinajstić information content (AvgIpc) is 3.76. The molecule has 0 aliphatic rings. The maximum atomic E-state index is 6.84. The standard InChI is InChI=1S/C59H37N3O/c1-4-18-38(19-5-1)41-24-10-11-25-42(41)51-36-35-50(55-53-30-16-17-31-54(53)63-56(51)55)49-33-32-47(43-26-12-13-27-44(43)49)48-34-37-52(46-29-15-14-28-45(46)48)59-61-57(39-20-6-2-7-21-39)60-58(62-59)40-22-8-3-9-23-40/h1-37H. The Morgan fingerprint density at radius 1 is 0.238 bits per heavy atom. The van der Waals surface area contributed by atoms with Gasteiger partial charge in [0, 0.05) is 33.0 Å². The van der Waals surface area contributed by atoms with Gasteiger partial charge in [-0.1, -0.05) is 206 Å². The second kappa shape index (κ2) is 15.2. The van der Waals surface area contributed by atoms with Crippen molar-refractivity contribution in [2.75, 3.05) is 0 Å². The van der Waals surface area contributed by atoms with E-state index in [0.29, 0.717) is 17.5 Å². The molecule has 0 aliphatic carbocycles. The summed E-state index contributed by atoms with van der Waals surface area (Å²) >= 11 is 0. The molecule has 2 aromatic heterocycles. The summed E-state index contributed by atoms with van der Waals surface area (Å²) in [5.74, 6) is 1.92. The molecule has 0 N–H and O–H groups in total. The molecule has 2 heterocycles. The highest BCUT2D eigenvalue weighted by Gasteiger charge is 2.22. The van der Waals surface area contributed by atoms with E-state index in [1.54, 1.807) is 0 Å². The predicted molar refractivity (Wildman–Crippen MR) is 260 cm³/mol. The van der Waals surface area contributed by atoms with Crippen molar-refractivity contribution in [1.82, 2.24) is 15.0 Å². The largest absolute Gasteiger partial charge is 0.455 e. The molecular formula is C59H37N3O. The van der Waals surface area contributed by atoms with Crippen LogP contribution in [-0.2, 0) is 0 Å². The topological polar surface area (TPSA) is 51.8 Å². The van der Waals surface area contributed by atoms with E-state index in [4.69, 9.17) is 19.4 Å². The lowest BCUT2D eigenvalue weighted by molar-refractivity contribution is 0.670. The van der Waals surface area contributed by atoms with Gasteiger partial charge in [-0.3, -0.25) is 0 Å². The van der Waals surface area contributed by atoms with E-state index in [1.165, 1.54) is 21.9 Å². The van der Waals surface area contributed by atoms with Gasteiger partial charge in [-0.05, 0) is 78.7 Å². The third kappa shape index (κ3) is 6.27. The first-order valence-electron chi connectivity index (χ1n) is 21.3. The van der Waals surface area contributed by atoms with Crippen LogP contribution in [0.3, 0.4) is 0 Å². The summed E-state index contributed by atoms with van der Waals surface area (Å²) in [4.78, 5) is 15.2. The van der Waals surface area contributed by atoms with E-state index in [9.17, 15) is 0 Å². The van der Waals surface area contributed by atoms with Gasteiger partial charge >= 0.3 is 0 Å². The zero-order valence-electron chi connectivity index (χ0n) is 34.1. The first-order chi connectivity index (χ1) is 31.3. The molecule has 0 bridgehead atoms. The Hall–Kier alpha value is -8.47. The molecule has 0 saturated carbocycles. The molecule has 294 valence electrons. The van der Waals surface area contributed by atoms with Crippen molar-refractivity contribution in [2.24, 2.45) is 0 Å². The van der Waals surface area contributed by atoms with Crippen LogP contribution >= 0.6 is 0 Å². The van der Waals surface area contributed by atoms with Crippen LogP contribution in [0.25, 0.3) is 122 Å². The number of hydrogen-bond donors (Lipinski definition) is 0. The van der Waals surface area contributed by atoms with E-state index in [2.05, 4.69) is 158 Å². The molecule has 0 unspecified atom stereocenters. The Labute approximate surface area is 364 Å². The molecule has 0 saturated heterocycles. The van der Waals surface area contributed by atoms with Crippen LogP contribution in [-0.4, -0.2) is 15.0 Å². The third-order valence-electron chi connectivity index (χ3n) is 12.2. The highest BCUT2D eigenvalue weighted by atomic mass is 16.3. The molecule has 12 aromatic rings. The van der Waals surface area contributed by atoms with Gasteiger partial charge in [0.2, 0.25) is 0 Å². The number of benzene rings is 10. The van der Waals surface area contributed by atoms with Crippen LogP contribution in [0.15, 0.2) is 229 Å². The SMILES string of the molecule is c1ccc(-c2nc(-c3ccccc3)nc(-c3ccc(-c4ccc(-c5ccc(-c6ccccc6-c6ccccc6)c6oc7ccccc7c56)c5ccccc45)c4ccccc34)n2)cc1. The molecule has 0 atom stereocenters. The number of fused-ring (bicyclic) bond motifs is 5. The van der Waals surface area contributed by atoms with E-state index in [-0.39, 0.29) is 0 Å². The summed E-state index contributed by atoms with van der Waals surface area (Å²) in [7, 11) is 0. The molecule has 4 nitrogen and oxygen atoms in total. The maximum Gasteiger partial charge on any atom is 0.164 e. The second-order valence-corrected chi connectivity index (χ2v) is 15.8. The lowest BCUT2D eigenvalue weighted by atomic mass is 9.87. The third-order valence-corrected chi connectivity index (χ3v) is 12.2. The molecular weight excluding hydrogens is 767 g/mol. The summed E-state index contributed by atoms with van der Waals surface area (Å²) in [6.07, 6.45) is 0. The summed E-state index contributed by atoms with van der Waals surface area (Å²) in [6.45, 7) is 0.